The fourth-order valence-electron chi connectivity index (χ4n) is 4.18. The van der Waals surface area contributed by atoms with E-state index in [4.69, 9.17) is 4.42 Å². The van der Waals surface area contributed by atoms with Gasteiger partial charge in [-0.1, -0.05) is 48.5 Å². The van der Waals surface area contributed by atoms with Crippen molar-refractivity contribution < 1.29 is 18.8 Å². The Morgan fingerprint density at radius 3 is 2.20 bits per heavy atom. The van der Waals surface area contributed by atoms with Crippen LogP contribution in [0.15, 0.2) is 83.3 Å². The van der Waals surface area contributed by atoms with E-state index in [-0.39, 0.29) is 6.42 Å². The normalized spacial score (nSPS) is 13.6. The number of imide groups is 1. The van der Waals surface area contributed by atoms with Crippen molar-refractivity contribution in [1.29, 1.82) is 0 Å². The molecule has 0 bridgehead atoms. The van der Waals surface area contributed by atoms with Gasteiger partial charge in [0.25, 0.3) is 11.8 Å². The number of anilines is 1. The molecule has 35 heavy (non-hydrogen) atoms. The van der Waals surface area contributed by atoms with Crippen molar-refractivity contribution in [1.82, 2.24) is 9.88 Å². The number of hydrogen-bond acceptors (Lipinski definition) is 5. The minimum atomic E-state index is -1.03. The van der Waals surface area contributed by atoms with E-state index in [2.05, 4.69) is 10.3 Å². The molecular weight excluding hydrogens is 442 g/mol. The number of nitrogens with one attached hydrogen (secondary N) is 1. The molecule has 1 aliphatic rings. The van der Waals surface area contributed by atoms with E-state index < -0.39 is 23.8 Å². The Kier molecular flexibility index (Phi) is 5.74. The predicted octanol–water partition coefficient (Wildman–Crippen LogP) is 4.80. The maximum absolute atomic E-state index is 13.6. The summed E-state index contributed by atoms with van der Waals surface area (Å²) in [4.78, 5) is 45.4. The zero-order chi connectivity index (χ0) is 24.5. The van der Waals surface area contributed by atoms with Crippen LogP contribution in [0.25, 0.3) is 11.5 Å². The first-order valence-corrected chi connectivity index (χ1v) is 11.3. The fraction of sp³-hybridized carbons (Fsp3) is 0.143. The van der Waals surface area contributed by atoms with E-state index in [9.17, 15) is 14.4 Å². The summed E-state index contributed by atoms with van der Waals surface area (Å²) in [5, 5.41) is 2.88. The average Bonchev–Trinajstić information content (AvgIpc) is 3.34. The van der Waals surface area contributed by atoms with E-state index in [0.717, 1.165) is 21.9 Å². The van der Waals surface area contributed by atoms with Crippen molar-refractivity contribution in [3.63, 3.8) is 0 Å². The van der Waals surface area contributed by atoms with Crippen LogP contribution in [0.1, 0.15) is 37.7 Å². The van der Waals surface area contributed by atoms with Gasteiger partial charge in [-0.25, -0.2) is 4.98 Å². The molecule has 0 aliphatic carbocycles. The van der Waals surface area contributed by atoms with E-state index in [1.807, 2.05) is 50.2 Å². The maximum atomic E-state index is 13.6. The molecule has 1 aliphatic heterocycles. The zero-order valence-corrected chi connectivity index (χ0v) is 19.3. The Balaban J connectivity index is 1.46. The Labute approximate surface area is 202 Å². The molecule has 2 heterocycles. The molecule has 7 heteroatoms. The number of amides is 3. The second-order valence-corrected chi connectivity index (χ2v) is 8.46. The van der Waals surface area contributed by atoms with Gasteiger partial charge >= 0.3 is 0 Å². The molecule has 4 aromatic rings. The monoisotopic (exact) mass is 465 g/mol. The molecule has 0 saturated heterocycles. The summed E-state index contributed by atoms with van der Waals surface area (Å²) in [6.45, 7) is 3.71. The van der Waals surface area contributed by atoms with Gasteiger partial charge in [0.2, 0.25) is 11.8 Å². The summed E-state index contributed by atoms with van der Waals surface area (Å²) in [6.07, 6.45) is 0.190. The van der Waals surface area contributed by atoms with Crippen LogP contribution in [0.5, 0.6) is 0 Å². The highest BCUT2D eigenvalue weighted by molar-refractivity contribution is 6.23. The van der Waals surface area contributed by atoms with Crippen LogP contribution >= 0.6 is 0 Å². The van der Waals surface area contributed by atoms with E-state index in [1.54, 1.807) is 42.5 Å². The Hall–Kier alpha value is -4.52. The molecule has 0 fully saturated rings. The lowest BCUT2D eigenvalue weighted by molar-refractivity contribution is -0.119. The van der Waals surface area contributed by atoms with Gasteiger partial charge in [-0.15, -0.1) is 0 Å². The molecular formula is C28H23N3O4. The Morgan fingerprint density at radius 1 is 0.914 bits per heavy atom. The first kappa shape index (κ1) is 22.3. The summed E-state index contributed by atoms with van der Waals surface area (Å²) in [5.41, 5.74) is 3.46. The van der Waals surface area contributed by atoms with Gasteiger partial charge in [0.15, 0.2) is 0 Å². The summed E-state index contributed by atoms with van der Waals surface area (Å²) in [5.74, 6) is -0.220. The molecule has 1 N–H and O–H groups in total. The van der Waals surface area contributed by atoms with E-state index in [1.165, 1.54) is 0 Å². The first-order valence-electron chi connectivity index (χ1n) is 11.3. The summed E-state index contributed by atoms with van der Waals surface area (Å²) in [7, 11) is 0. The molecule has 0 saturated carbocycles. The third kappa shape index (κ3) is 4.24. The van der Waals surface area contributed by atoms with Gasteiger partial charge in [-0.05, 0) is 49.7 Å². The zero-order valence-electron chi connectivity index (χ0n) is 19.3. The van der Waals surface area contributed by atoms with Gasteiger partial charge in [-0.2, -0.15) is 0 Å². The van der Waals surface area contributed by atoms with Gasteiger partial charge < -0.3 is 9.73 Å². The van der Waals surface area contributed by atoms with Crippen LogP contribution in [-0.2, 0) is 11.2 Å². The summed E-state index contributed by atoms with van der Waals surface area (Å²) < 4.78 is 5.71. The highest BCUT2D eigenvalue weighted by atomic mass is 16.4. The lowest BCUT2D eigenvalue weighted by Crippen LogP contribution is -2.48. The highest BCUT2D eigenvalue weighted by Gasteiger charge is 2.42. The van der Waals surface area contributed by atoms with E-state index in [0.29, 0.717) is 28.3 Å². The van der Waals surface area contributed by atoms with Crippen molar-refractivity contribution in [3.8, 4) is 11.5 Å². The lowest BCUT2D eigenvalue weighted by atomic mass is 10.0. The molecule has 3 amide bonds. The van der Waals surface area contributed by atoms with Crippen molar-refractivity contribution >= 4 is 23.4 Å². The minimum Gasteiger partial charge on any atom is -0.441 e. The van der Waals surface area contributed by atoms with Gasteiger partial charge in [0.1, 0.15) is 11.8 Å². The molecule has 0 radical (unpaired) electrons. The van der Waals surface area contributed by atoms with Gasteiger partial charge in [0, 0.05) is 17.7 Å². The molecule has 1 unspecified atom stereocenters. The van der Waals surface area contributed by atoms with Crippen LogP contribution in [0.4, 0.5) is 5.69 Å². The molecule has 174 valence electrons. The topological polar surface area (TPSA) is 92.5 Å². The standard InChI is InChI=1S/C28H23N3O4/c1-17-18(2)35-26(29-17)20-11-8-12-21(16-20)30-25(32)24(15-19-9-4-3-5-10-19)31-27(33)22-13-6-7-14-23(22)28(31)34/h3-14,16,24H,15H2,1-2H3,(H,30,32). The number of fused-ring (bicyclic) bond motifs is 1. The van der Waals surface area contributed by atoms with Crippen LogP contribution in [0.3, 0.4) is 0 Å². The Morgan fingerprint density at radius 2 is 1.57 bits per heavy atom. The fourth-order valence-corrected chi connectivity index (χ4v) is 4.18. The van der Waals surface area contributed by atoms with E-state index >= 15 is 0 Å². The molecule has 1 atom stereocenters. The number of benzene rings is 3. The lowest BCUT2D eigenvalue weighted by Gasteiger charge is -2.25. The number of oxazole rings is 1. The molecule has 5 rings (SSSR count). The predicted molar refractivity (Wildman–Crippen MR) is 131 cm³/mol. The quantitative estimate of drug-likeness (QED) is 0.413. The molecule has 0 spiro atoms. The number of aryl methyl sites for hydroxylation is 2. The smallest absolute Gasteiger partial charge is 0.262 e. The third-order valence-electron chi connectivity index (χ3n) is 6.12. The number of carbonyl (C=O) groups is 3. The number of hydrogen-bond donors (Lipinski definition) is 1. The van der Waals surface area contributed by atoms with Crippen LogP contribution in [-0.4, -0.2) is 33.6 Å². The van der Waals surface area contributed by atoms with Crippen molar-refractivity contribution in [3.05, 3.63) is 107 Å². The number of carbonyl (C=O) groups excluding carboxylic acids is 3. The molecule has 3 aromatic carbocycles. The summed E-state index contributed by atoms with van der Waals surface area (Å²) in [6, 6.07) is 22.0. The molecule has 7 nitrogen and oxygen atoms in total. The third-order valence-corrected chi connectivity index (χ3v) is 6.12. The number of aromatic nitrogens is 1. The van der Waals surface area contributed by atoms with Crippen LogP contribution in [0, 0.1) is 13.8 Å². The highest BCUT2D eigenvalue weighted by Crippen LogP contribution is 2.28. The largest absolute Gasteiger partial charge is 0.441 e. The first-order chi connectivity index (χ1) is 16.9. The number of rotatable bonds is 6. The molecule has 1 aromatic heterocycles. The van der Waals surface area contributed by atoms with Crippen LogP contribution < -0.4 is 5.32 Å². The second-order valence-electron chi connectivity index (χ2n) is 8.46. The SMILES string of the molecule is Cc1nc(-c2cccc(NC(=O)C(Cc3ccccc3)N3C(=O)c4ccccc4C3=O)c2)oc1C. The average molecular weight is 466 g/mol. The number of nitrogens with zero attached hydrogens (tertiary/aromatic N) is 2. The van der Waals surface area contributed by atoms with Crippen molar-refractivity contribution in [2.45, 2.75) is 26.3 Å². The van der Waals surface area contributed by atoms with Crippen LogP contribution in [0.2, 0.25) is 0 Å². The van der Waals surface area contributed by atoms with Gasteiger partial charge in [-0.3, -0.25) is 19.3 Å². The Bertz CT molecular complexity index is 1390. The van der Waals surface area contributed by atoms with Crippen molar-refractivity contribution in [2.24, 2.45) is 0 Å². The minimum absolute atomic E-state index is 0.190. The second kappa shape index (κ2) is 9.02. The van der Waals surface area contributed by atoms with Crippen molar-refractivity contribution in [2.75, 3.05) is 5.32 Å². The van der Waals surface area contributed by atoms with Gasteiger partial charge in [0.05, 0.1) is 16.8 Å². The summed E-state index contributed by atoms with van der Waals surface area (Å²) >= 11 is 0. The maximum Gasteiger partial charge on any atom is 0.262 e.